The number of rotatable bonds is 3. The molecule has 0 aromatic heterocycles. The molecule has 0 radical (unpaired) electrons. The Labute approximate surface area is 105 Å². The molecule has 1 aliphatic heterocycles. The summed E-state index contributed by atoms with van der Waals surface area (Å²) in [4.78, 5) is 0. The molecule has 0 spiro atoms. The minimum atomic E-state index is -0.531. The van der Waals surface area contributed by atoms with Crippen molar-refractivity contribution in [2.45, 2.75) is 17.3 Å². The van der Waals surface area contributed by atoms with Crippen LogP contribution in [0.15, 0.2) is 18.2 Å². The van der Waals surface area contributed by atoms with Crippen LogP contribution in [-0.4, -0.2) is 8.44 Å². The molecule has 1 atom stereocenters. The summed E-state index contributed by atoms with van der Waals surface area (Å²) in [6.45, 7) is 2.26. The predicted octanol–water partition coefficient (Wildman–Crippen LogP) is -0.290. The number of hydrogen-bond acceptors (Lipinski definition) is 2. The number of benzene rings is 1. The zero-order valence-electron chi connectivity index (χ0n) is 7.80. The Kier molecular flexibility index (Phi) is 3.64. The van der Waals surface area contributed by atoms with E-state index in [4.69, 9.17) is 6.13 Å². The first kappa shape index (κ1) is 10.7. The van der Waals surface area contributed by atoms with Crippen molar-refractivity contribution in [1.82, 2.24) is 0 Å². The molecular formula is C10H11I2O2-. The Bertz CT molecular complexity index is 352. The molecule has 0 saturated carbocycles. The topological polar surface area (TPSA) is 18.5 Å². The summed E-state index contributed by atoms with van der Waals surface area (Å²) >= 11 is -0.434. The maximum absolute atomic E-state index is 5.44. The Hall–Kier alpha value is 0.150. The number of alkyl halides is 1. The van der Waals surface area contributed by atoms with E-state index in [1.165, 1.54) is 5.56 Å². The van der Waals surface area contributed by atoms with Gasteiger partial charge in [0.25, 0.3) is 0 Å². The molecule has 0 saturated heterocycles. The number of fused-ring (bicyclic) bond motifs is 1. The van der Waals surface area contributed by atoms with Crippen LogP contribution in [0.4, 0.5) is 0 Å². The standard InChI is InChI=1S/C10H11I2O2/c1-7(11-2)5-8-3-4-9-10(6-8)14-12-13-9/h3-4,6-7H,2,5H2,1H3/q-1. The van der Waals surface area contributed by atoms with Crippen molar-refractivity contribution in [3.63, 3.8) is 0 Å². The number of hydrogen-bond donors (Lipinski definition) is 0. The second-order valence-electron chi connectivity index (χ2n) is 3.14. The molecule has 2 nitrogen and oxygen atoms in total. The second-order valence-corrected chi connectivity index (χ2v) is 7.39. The molecule has 0 bridgehead atoms. The molecule has 2 rings (SSSR count). The Morgan fingerprint density at radius 3 is 3.00 bits per heavy atom. The van der Waals surface area contributed by atoms with Crippen molar-refractivity contribution in [2.24, 2.45) is 0 Å². The van der Waals surface area contributed by atoms with E-state index < -0.39 is 22.0 Å². The van der Waals surface area contributed by atoms with Gasteiger partial charge in [0.05, 0.1) is 0 Å². The van der Waals surface area contributed by atoms with Gasteiger partial charge in [0, 0.05) is 0 Å². The van der Waals surface area contributed by atoms with Gasteiger partial charge in [-0.1, -0.05) is 0 Å². The van der Waals surface area contributed by atoms with Crippen molar-refractivity contribution in [1.29, 1.82) is 0 Å². The Morgan fingerprint density at radius 2 is 2.21 bits per heavy atom. The van der Waals surface area contributed by atoms with Crippen LogP contribution in [0, 0.1) is 0 Å². The van der Waals surface area contributed by atoms with E-state index in [1.807, 2.05) is 6.07 Å². The van der Waals surface area contributed by atoms with E-state index >= 15 is 0 Å². The second kappa shape index (κ2) is 4.78. The molecule has 1 heterocycles. The van der Waals surface area contributed by atoms with E-state index in [-0.39, 0.29) is 20.7 Å². The molecule has 0 N–H and O–H groups in total. The molecule has 1 aromatic carbocycles. The van der Waals surface area contributed by atoms with E-state index in [1.54, 1.807) is 0 Å². The average Bonchev–Trinajstić information content (AvgIpc) is 2.64. The molecule has 78 valence electrons. The molecule has 0 amide bonds. The summed E-state index contributed by atoms with van der Waals surface area (Å²) in [5.74, 6) is 1.85. The van der Waals surface area contributed by atoms with Crippen LogP contribution in [0.25, 0.3) is 0 Å². The van der Waals surface area contributed by atoms with Crippen molar-refractivity contribution < 1.29 is 28.2 Å². The van der Waals surface area contributed by atoms with Gasteiger partial charge in [-0.05, 0) is 0 Å². The van der Waals surface area contributed by atoms with Crippen LogP contribution in [0.3, 0.4) is 0 Å². The molecular weight excluding hydrogens is 406 g/mol. The van der Waals surface area contributed by atoms with Gasteiger partial charge in [-0.25, -0.2) is 0 Å². The molecule has 0 aliphatic carbocycles. The van der Waals surface area contributed by atoms with Gasteiger partial charge in [0.2, 0.25) is 0 Å². The molecule has 1 aliphatic rings. The summed E-state index contributed by atoms with van der Waals surface area (Å²) in [6, 6.07) is 6.26. The average molecular weight is 417 g/mol. The Morgan fingerprint density at radius 1 is 1.43 bits per heavy atom. The van der Waals surface area contributed by atoms with Crippen molar-refractivity contribution >= 4 is 25.2 Å². The first-order chi connectivity index (χ1) is 6.79. The first-order valence-electron chi connectivity index (χ1n) is 4.28. The molecule has 1 unspecified atom stereocenters. The van der Waals surface area contributed by atoms with Crippen molar-refractivity contribution in [2.75, 3.05) is 0 Å². The quantitative estimate of drug-likeness (QED) is 0.498. The summed E-state index contributed by atoms with van der Waals surface area (Å²) in [5, 5.41) is 0. The van der Waals surface area contributed by atoms with Gasteiger partial charge in [-0.15, -0.1) is 0 Å². The third-order valence-corrected chi connectivity index (χ3v) is 5.27. The van der Waals surface area contributed by atoms with Crippen LogP contribution < -0.4 is 28.2 Å². The molecule has 0 fully saturated rings. The van der Waals surface area contributed by atoms with Crippen LogP contribution in [0.1, 0.15) is 12.5 Å². The summed E-state index contributed by atoms with van der Waals surface area (Å²) in [5.41, 5.74) is 1.34. The SMILES string of the molecule is C=IC(C)Cc1ccc2c(c1)O[I-]O2. The fourth-order valence-corrected chi connectivity index (χ4v) is 3.27. The monoisotopic (exact) mass is 417 g/mol. The van der Waals surface area contributed by atoms with E-state index in [0.717, 1.165) is 21.8 Å². The van der Waals surface area contributed by atoms with Gasteiger partial charge < -0.3 is 0 Å². The van der Waals surface area contributed by atoms with Crippen LogP contribution in [0.5, 0.6) is 11.5 Å². The van der Waals surface area contributed by atoms with E-state index in [0.29, 0.717) is 0 Å². The summed E-state index contributed by atoms with van der Waals surface area (Å²) in [7, 11) is 0. The van der Waals surface area contributed by atoms with Crippen LogP contribution in [0.2, 0.25) is 0 Å². The van der Waals surface area contributed by atoms with Gasteiger partial charge >= 0.3 is 106 Å². The normalized spacial score (nSPS) is 16.1. The predicted molar refractivity (Wildman–Crippen MR) is 62.0 cm³/mol. The van der Waals surface area contributed by atoms with E-state index in [2.05, 4.69) is 23.6 Å². The zero-order chi connectivity index (χ0) is 9.97. The number of halogens is 2. The van der Waals surface area contributed by atoms with Gasteiger partial charge in [-0.3, -0.25) is 0 Å². The minimum absolute atomic E-state index is 0.0970. The zero-order valence-corrected chi connectivity index (χ0v) is 12.1. The van der Waals surface area contributed by atoms with Crippen molar-refractivity contribution in [3.8, 4) is 11.5 Å². The van der Waals surface area contributed by atoms with Crippen LogP contribution in [-0.2, 0) is 6.42 Å². The van der Waals surface area contributed by atoms with Gasteiger partial charge in [-0.2, -0.15) is 0 Å². The van der Waals surface area contributed by atoms with Gasteiger partial charge in [0.1, 0.15) is 0 Å². The van der Waals surface area contributed by atoms with Crippen molar-refractivity contribution in [3.05, 3.63) is 23.8 Å². The van der Waals surface area contributed by atoms with E-state index in [9.17, 15) is 0 Å². The molecule has 14 heavy (non-hydrogen) atoms. The maximum atomic E-state index is 5.44. The summed E-state index contributed by atoms with van der Waals surface area (Å²) in [6.07, 6.45) is 1.12. The molecule has 1 aromatic rings. The summed E-state index contributed by atoms with van der Waals surface area (Å²) < 4.78 is 15.6. The van der Waals surface area contributed by atoms with Crippen LogP contribution >= 0.6 is 20.7 Å². The Balaban J connectivity index is 2.16. The molecule has 4 heteroatoms. The third-order valence-electron chi connectivity index (χ3n) is 2.02. The fourth-order valence-electron chi connectivity index (χ4n) is 1.27. The van der Waals surface area contributed by atoms with Gasteiger partial charge in [0.15, 0.2) is 0 Å². The fraction of sp³-hybridized carbons (Fsp3) is 0.300. The first-order valence-corrected chi connectivity index (χ1v) is 8.81. The third kappa shape index (κ3) is 2.39.